The first-order chi connectivity index (χ1) is 13.8. The van der Waals surface area contributed by atoms with Gasteiger partial charge < -0.3 is 15.4 Å². The number of aromatic nitrogens is 3. The first kappa shape index (κ1) is 18.1. The lowest BCUT2D eigenvalue weighted by Gasteiger charge is -2.26. The number of pyridine rings is 1. The lowest BCUT2D eigenvalue weighted by molar-refractivity contribution is -0.135. The van der Waals surface area contributed by atoms with E-state index in [0.29, 0.717) is 30.7 Å². The van der Waals surface area contributed by atoms with Crippen LogP contribution in [0.3, 0.4) is 0 Å². The number of amides is 1. The molecule has 1 saturated heterocycles. The largest absolute Gasteiger partial charge is 0.366 e. The van der Waals surface area contributed by atoms with Gasteiger partial charge in [0.1, 0.15) is 12.2 Å². The van der Waals surface area contributed by atoms with Crippen LogP contribution in [-0.2, 0) is 16.0 Å². The normalized spacial score (nSPS) is 17.8. The second-order valence-electron chi connectivity index (χ2n) is 6.65. The monoisotopic (exact) mass is 376 g/mol. The number of aromatic amines is 1. The van der Waals surface area contributed by atoms with Gasteiger partial charge in [-0.3, -0.25) is 14.9 Å². The summed E-state index contributed by atoms with van der Waals surface area (Å²) in [6, 6.07) is 9.25. The molecule has 1 aromatic carbocycles. The molecule has 2 atom stereocenters. The summed E-state index contributed by atoms with van der Waals surface area (Å²) >= 11 is 0. The molecule has 0 aliphatic carbocycles. The molecule has 28 heavy (non-hydrogen) atoms. The maximum Gasteiger partial charge on any atom is 0.250 e. The van der Waals surface area contributed by atoms with Crippen LogP contribution in [0.2, 0.25) is 0 Å². The smallest absolute Gasteiger partial charge is 0.250 e. The average Bonchev–Trinajstić information content (AvgIpc) is 3.26. The van der Waals surface area contributed by atoms with Crippen LogP contribution < -0.4 is 10.6 Å². The summed E-state index contributed by atoms with van der Waals surface area (Å²) < 4.78 is 5.59. The minimum Gasteiger partial charge on any atom is -0.366 e. The van der Waals surface area contributed by atoms with E-state index in [9.17, 15) is 10.1 Å². The van der Waals surface area contributed by atoms with Crippen molar-refractivity contribution in [3.63, 3.8) is 0 Å². The van der Waals surface area contributed by atoms with Crippen molar-refractivity contribution in [2.24, 2.45) is 0 Å². The molecule has 3 heterocycles. The quantitative estimate of drug-likeness (QED) is 0.617. The predicted octanol–water partition coefficient (Wildman–Crippen LogP) is 1.22. The maximum absolute atomic E-state index is 12.8. The maximum atomic E-state index is 12.8. The van der Waals surface area contributed by atoms with E-state index in [0.717, 1.165) is 23.1 Å². The van der Waals surface area contributed by atoms with Crippen molar-refractivity contribution in [3.8, 4) is 6.07 Å². The van der Waals surface area contributed by atoms with E-state index in [-0.39, 0.29) is 11.9 Å². The summed E-state index contributed by atoms with van der Waals surface area (Å²) in [7, 11) is 0. The first-order valence-corrected chi connectivity index (χ1v) is 9.14. The summed E-state index contributed by atoms with van der Waals surface area (Å²) in [5, 5.41) is 23.3. The minimum atomic E-state index is -0.525. The van der Waals surface area contributed by atoms with Crippen molar-refractivity contribution in [1.82, 2.24) is 25.8 Å². The molecular formula is C20H20N6O2. The van der Waals surface area contributed by atoms with Crippen LogP contribution in [0.4, 0.5) is 0 Å². The minimum absolute atomic E-state index is 0.165. The Morgan fingerprint density at radius 3 is 3.11 bits per heavy atom. The van der Waals surface area contributed by atoms with Gasteiger partial charge in [-0.05, 0) is 29.7 Å². The molecule has 3 aromatic rings. The summed E-state index contributed by atoms with van der Waals surface area (Å²) in [5.74, 6) is -0.165. The highest BCUT2D eigenvalue weighted by atomic mass is 16.5. The number of carbonyl (C=O) groups excluding carboxylic acids is 1. The second-order valence-corrected chi connectivity index (χ2v) is 6.65. The van der Waals surface area contributed by atoms with Gasteiger partial charge in [0.25, 0.3) is 5.91 Å². The highest BCUT2D eigenvalue weighted by Crippen LogP contribution is 2.28. The number of morpholine rings is 1. The van der Waals surface area contributed by atoms with Crippen molar-refractivity contribution >= 4 is 16.8 Å². The number of nitriles is 1. The van der Waals surface area contributed by atoms with Gasteiger partial charge in [-0.25, -0.2) is 0 Å². The van der Waals surface area contributed by atoms with Gasteiger partial charge in [0.2, 0.25) is 0 Å². The van der Waals surface area contributed by atoms with E-state index in [2.05, 4.69) is 31.9 Å². The number of H-pyrrole nitrogens is 1. The van der Waals surface area contributed by atoms with Gasteiger partial charge in [-0.15, -0.1) is 0 Å². The van der Waals surface area contributed by atoms with Gasteiger partial charge in [-0.2, -0.15) is 10.4 Å². The van der Waals surface area contributed by atoms with Gasteiger partial charge >= 0.3 is 0 Å². The van der Waals surface area contributed by atoms with Gasteiger partial charge in [0.15, 0.2) is 0 Å². The molecule has 1 fully saturated rings. The highest BCUT2D eigenvalue weighted by Gasteiger charge is 2.26. The summed E-state index contributed by atoms with van der Waals surface area (Å²) in [5.41, 5.74) is 3.01. The zero-order valence-electron chi connectivity index (χ0n) is 15.2. The van der Waals surface area contributed by atoms with Gasteiger partial charge in [-0.1, -0.05) is 12.1 Å². The van der Waals surface area contributed by atoms with E-state index in [1.165, 1.54) is 0 Å². The molecule has 0 radical (unpaired) electrons. The molecule has 0 saturated carbocycles. The van der Waals surface area contributed by atoms with Crippen LogP contribution >= 0.6 is 0 Å². The molecular weight excluding hydrogens is 356 g/mol. The van der Waals surface area contributed by atoms with Crippen molar-refractivity contribution < 1.29 is 9.53 Å². The van der Waals surface area contributed by atoms with Crippen LogP contribution in [0, 0.1) is 11.3 Å². The number of nitrogens with one attached hydrogen (secondary N) is 3. The number of benzene rings is 1. The summed E-state index contributed by atoms with van der Waals surface area (Å²) in [6.45, 7) is 1.74. The number of hydrogen-bond acceptors (Lipinski definition) is 6. The molecule has 1 aliphatic heterocycles. The Kier molecular flexibility index (Phi) is 5.28. The topological polar surface area (TPSA) is 116 Å². The summed E-state index contributed by atoms with van der Waals surface area (Å²) in [4.78, 5) is 17.2. The molecule has 1 amide bonds. The SMILES string of the molecule is N#Cc1ccc([C@@H](Cc2cn[nH]c2)NC(=O)[C@H]2CNCCO2)c2cccnc12. The van der Waals surface area contributed by atoms with E-state index in [4.69, 9.17) is 4.74 Å². The molecule has 8 nitrogen and oxygen atoms in total. The van der Waals surface area contributed by atoms with E-state index >= 15 is 0 Å². The molecule has 0 unspecified atom stereocenters. The van der Waals surface area contributed by atoms with Crippen molar-refractivity contribution in [3.05, 3.63) is 59.5 Å². The van der Waals surface area contributed by atoms with Gasteiger partial charge in [0, 0.05) is 30.9 Å². The van der Waals surface area contributed by atoms with Crippen LogP contribution in [-0.4, -0.2) is 46.9 Å². The molecule has 1 aliphatic rings. The van der Waals surface area contributed by atoms with Gasteiger partial charge in [0.05, 0.1) is 29.9 Å². The number of hydrogen-bond donors (Lipinski definition) is 3. The highest BCUT2D eigenvalue weighted by molar-refractivity contribution is 5.88. The third-order valence-corrected chi connectivity index (χ3v) is 4.83. The number of carbonyl (C=O) groups is 1. The molecule has 2 aromatic heterocycles. The van der Waals surface area contributed by atoms with Crippen molar-refractivity contribution in [2.75, 3.05) is 19.7 Å². The third-order valence-electron chi connectivity index (χ3n) is 4.83. The fourth-order valence-electron chi connectivity index (χ4n) is 3.45. The number of rotatable bonds is 5. The predicted molar refractivity (Wildman–Crippen MR) is 102 cm³/mol. The fourth-order valence-corrected chi connectivity index (χ4v) is 3.45. The third kappa shape index (κ3) is 3.71. The number of fused-ring (bicyclic) bond motifs is 1. The second kappa shape index (κ2) is 8.17. The summed E-state index contributed by atoms with van der Waals surface area (Å²) in [6.07, 6.45) is 5.24. The Hall–Kier alpha value is -3.28. The van der Waals surface area contributed by atoms with Crippen LogP contribution in [0.25, 0.3) is 10.9 Å². The fraction of sp³-hybridized carbons (Fsp3) is 0.300. The molecule has 142 valence electrons. The first-order valence-electron chi connectivity index (χ1n) is 9.14. The lowest BCUT2D eigenvalue weighted by Crippen LogP contribution is -2.48. The number of nitrogens with zero attached hydrogens (tertiary/aromatic N) is 3. The Morgan fingerprint density at radius 1 is 1.43 bits per heavy atom. The zero-order valence-corrected chi connectivity index (χ0v) is 15.2. The van der Waals surface area contributed by atoms with E-state index in [1.54, 1.807) is 18.5 Å². The Labute approximate surface area is 161 Å². The van der Waals surface area contributed by atoms with E-state index in [1.807, 2.05) is 24.4 Å². The Morgan fingerprint density at radius 2 is 2.36 bits per heavy atom. The molecule has 8 heteroatoms. The lowest BCUT2D eigenvalue weighted by atomic mass is 9.94. The number of ether oxygens (including phenoxy) is 1. The molecule has 0 bridgehead atoms. The molecule has 3 N–H and O–H groups in total. The molecule has 0 spiro atoms. The average molecular weight is 376 g/mol. The van der Waals surface area contributed by atoms with Crippen LogP contribution in [0.5, 0.6) is 0 Å². The van der Waals surface area contributed by atoms with Crippen LogP contribution in [0.1, 0.15) is 22.7 Å². The standard InChI is InChI=1S/C20H20N6O2/c21-9-14-3-4-15(16-2-1-5-23-19(14)16)17(8-13-10-24-25-11-13)26-20(27)18-12-22-6-7-28-18/h1-5,10-11,17-18,22H,6-8,12H2,(H,24,25)(H,26,27)/t17-,18-/m1/s1. The van der Waals surface area contributed by atoms with Crippen molar-refractivity contribution in [1.29, 1.82) is 5.26 Å². The molecule has 4 rings (SSSR count). The zero-order chi connectivity index (χ0) is 19.3. The van der Waals surface area contributed by atoms with Crippen LogP contribution in [0.15, 0.2) is 42.9 Å². The van der Waals surface area contributed by atoms with Crippen molar-refractivity contribution in [2.45, 2.75) is 18.6 Å². The Balaban J connectivity index is 1.70. The van der Waals surface area contributed by atoms with E-state index < -0.39 is 6.10 Å². The Bertz CT molecular complexity index is 1010.